The quantitative estimate of drug-likeness (QED) is 0.299. The largest absolute Gasteiger partial charge is 0 e. The molecule has 2 heterocycles. The fourth-order valence-electron chi connectivity index (χ4n) is 2.21. The van der Waals surface area contributed by atoms with Gasteiger partial charge in [0.15, 0.2) is 0 Å². The van der Waals surface area contributed by atoms with Gasteiger partial charge in [-0.1, -0.05) is 0 Å². The molecule has 0 aliphatic carbocycles. The Morgan fingerprint density at radius 3 is 1.59 bits per heavy atom. The third-order valence-electron chi connectivity index (χ3n) is 3.47. The molecule has 0 spiro atoms. The summed E-state index contributed by atoms with van der Waals surface area (Å²) >= 11 is 11.0. The van der Waals surface area contributed by atoms with E-state index in [0.717, 1.165) is 22.9 Å². The summed E-state index contributed by atoms with van der Waals surface area (Å²) in [5.41, 5.74) is 1.94. The van der Waals surface area contributed by atoms with E-state index in [1.165, 1.54) is 21.8 Å². The molecule has 14 heteroatoms. The maximum Gasteiger partial charge on any atom is 0 e. The first-order valence-corrected chi connectivity index (χ1v) is 12.5. The Bertz CT molecular complexity index is 921. The number of aromatic nitrogens is 6. The molecule has 0 unspecified atom stereocenters. The normalized spacial score (nSPS) is 10.8. The van der Waals surface area contributed by atoms with E-state index in [4.69, 9.17) is 34.9 Å². The van der Waals surface area contributed by atoms with Crippen molar-refractivity contribution >= 4 is 47.4 Å². The van der Waals surface area contributed by atoms with E-state index >= 15 is 0 Å². The van der Waals surface area contributed by atoms with Crippen molar-refractivity contribution in [3.05, 3.63) is 40.5 Å². The van der Waals surface area contributed by atoms with Crippen LogP contribution in [0.15, 0.2) is 32.6 Å². The van der Waals surface area contributed by atoms with Crippen molar-refractivity contribution in [3.63, 3.8) is 0 Å². The zero-order valence-corrected chi connectivity index (χ0v) is 24.3. The number of phenols is 1. The van der Waals surface area contributed by atoms with Gasteiger partial charge < -0.3 is 30.4 Å². The molecule has 1 aromatic carbocycles. The van der Waals surface area contributed by atoms with Crippen LogP contribution in [-0.2, 0) is 62.0 Å². The number of benzene rings is 1. The number of aromatic hydroxyl groups is 1. The van der Waals surface area contributed by atoms with Gasteiger partial charge in [0.2, 0.25) is 0 Å². The van der Waals surface area contributed by atoms with Crippen LogP contribution < -0.4 is 0 Å². The van der Waals surface area contributed by atoms with Crippen molar-refractivity contribution in [3.8, 4) is 5.75 Å². The van der Waals surface area contributed by atoms with Crippen LogP contribution in [0.4, 0.5) is 0 Å². The zero-order chi connectivity index (χ0) is 20.8. The maximum absolute atomic E-state index is 10.5. The Morgan fingerprint density at radius 1 is 0.897 bits per heavy atom. The first-order chi connectivity index (χ1) is 13.4. The second-order valence-electron chi connectivity index (χ2n) is 5.46. The van der Waals surface area contributed by atoms with Gasteiger partial charge in [0, 0.05) is 40.9 Å². The van der Waals surface area contributed by atoms with Gasteiger partial charge in [-0.15, -0.1) is 10.2 Å². The molecule has 0 bridgehead atoms. The molecular formula is C15H14ClN8OS2Zn2-. The summed E-state index contributed by atoms with van der Waals surface area (Å²) in [6, 6.07) is 3.59. The van der Waals surface area contributed by atoms with E-state index in [9.17, 15) is 5.11 Å². The minimum Gasteiger partial charge on any atom is 0 e. The minimum absolute atomic E-state index is 0. The van der Waals surface area contributed by atoms with Crippen molar-refractivity contribution in [2.45, 2.75) is 31.1 Å². The SMILES string of the molecule is Cc1cc(/C=N/n2c(C)nnc2[S-])c(O)c(/C=N/n2c(C)nnc2[S-])c1.[Cl][Zn+].[Zn]. The van der Waals surface area contributed by atoms with Crippen LogP contribution in [0.5, 0.6) is 5.75 Å². The standard InChI is InChI=1S/C15H16N8OS2.ClH.2Zn/c1-8-4-11(6-16-22-9(2)18-20-14(22)25)13(24)12(5-8)7-17-23-10(3)19-21-15(23)26;;;/h4-7,24H,1-3H3,(H,20,25)(H,21,26);1H;;/q;;;+2/p-3/b16-6+,17-7+;;;. The molecule has 0 aliphatic rings. The number of nitrogens with zero attached hydrogens (tertiary/aromatic N) is 8. The maximum atomic E-state index is 10.5. The van der Waals surface area contributed by atoms with Crippen LogP contribution in [0.1, 0.15) is 28.3 Å². The summed E-state index contributed by atoms with van der Waals surface area (Å²) < 4.78 is 2.82. The van der Waals surface area contributed by atoms with E-state index < -0.39 is 0 Å². The fraction of sp³-hybridized carbons (Fsp3) is 0.200. The van der Waals surface area contributed by atoms with Gasteiger partial charge in [-0.05, 0) is 38.5 Å². The molecular weight excluding hydrogens is 539 g/mol. The Balaban J connectivity index is 0.00000136. The summed E-state index contributed by atoms with van der Waals surface area (Å²) in [5.74, 6) is 1.14. The molecule has 9 nitrogen and oxygen atoms in total. The Kier molecular flexibility index (Phi) is 10.4. The molecule has 144 valence electrons. The van der Waals surface area contributed by atoms with Crippen molar-refractivity contribution in [2.75, 3.05) is 0 Å². The number of hydrogen-bond acceptors (Lipinski definition) is 9. The van der Waals surface area contributed by atoms with Crippen molar-refractivity contribution in [1.29, 1.82) is 0 Å². The Hall–Kier alpha value is -1.38. The second kappa shape index (κ2) is 11.7. The van der Waals surface area contributed by atoms with Crippen LogP contribution in [0, 0.1) is 20.8 Å². The van der Waals surface area contributed by atoms with Gasteiger partial charge in [0.1, 0.15) is 17.4 Å². The van der Waals surface area contributed by atoms with Gasteiger partial charge in [-0.2, -0.15) is 20.4 Å². The average molecular weight is 553 g/mol. The zero-order valence-electron chi connectivity index (χ0n) is 15.9. The Labute approximate surface area is 205 Å². The number of hydrogen-bond donors (Lipinski definition) is 1. The van der Waals surface area contributed by atoms with Gasteiger partial charge in [0.25, 0.3) is 0 Å². The molecule has 0 saturated heterocycles. The van der Waals surface area contributed by atoms with Crippen LogP contribution in [0.2, 0.25) is 0 Å². The van der Waals surface area contributed by atoms with E-state index in [2.05, 4.69) is 30.6 Å². The Morgan fingerprint density at radius 2 is 1.28 bits per heavy atom. The van der Waals surface area contributed by atoms with Crippen LogP contribution in [0.3, 0.4) is 0 Å². The molecule has 29 heavy (non-hydrogen) atoms. The molecule has 0 amide bonds. The van der Waals surface area contributed by atoms with Crippen LogP contribution in [-0.4, -0.2) is 47.3 Å². The molecule has 1 N–H and O–H groups in total. The first-order valence-electron chi connectivity index (χ1n) is 7.74. The average Bonchev–Trinajstić information content (AvgIpc) is 3.17. The summed E-state index contributed by atoms with van der Waals surface area (Å²) in [5, 5.41) is 34.7. The van der Waals surface area contributed by atoms with Crippen molar-refractivity contribution < 1.29 is 41.9 Å². The topological polar surface area (TPSA) is 106 Å². The molecule has 0 saturated carbocycles. The monoisotopic (exact) mass is 549 g/mol. The first kappa shape index (κ1) is 25.7. The van der Waals surface area contributed by atoms with E-state index in [-0.39, 0.29) is 35.5 Å². The van der Waals surface area contributed by atoms with Gasteiger partial charge in [-0.3, -0.25) is 0 Å². The summed E-state index contributed by atoms with van der Waals surface area (Å²) in [4.78, 5) is 0. The van der Waals surface area contributed by atoms with Crippen LogP contribution >= 0.6 is 9.69 Å². The molecule has 0 aliphatic heterocycles. The third-order valence-corrected chi connectivity index (χ3v) is 3.98. The van der Waals surface area contributed by atoms with Crippen LogP contribution in [0.25, 0.3) is 0 Å². The smallest absolute Gasteiger partial charge is 0 e. The second-order valence-corrected chi connectivity index (χ2v) is 6.19. The third kappa shape index (κ3) is 6.30. The summed E-state index contributed by atoms with van der Waals surface area (Å²) in [6.45, 7) is 5.38. The molecule has 3 aromatic rings. The molecule has 2 aromatic heterocycles. The number of halogens is 1. The molecule has 0 atom stereocenters. The fourth-order valence-corrected chi connectivity index (χ4v) is 2.65. The number of rotatable bonds is 4. The number of phenolic OH excluding ortho intramolecular Hbond substituents is 1. The van der Waals surface area contributed by atoms with E-state index in [1.807, 2.05) is 6.92 Å². The molecule has 0 fully saturated rings. The molecule has 0 radical (unpaired) electrons. The molecule has 3 rings (SSSR count). The minimum atomic E-state index is 0. The van der Waals surface area contributed by atoms with Crippen molar-refractivity contribution in [2.24, 2.45) is 10.2 Å². The predicted molar refractivity (Wildman–Crippen MR) is 105 cm³/mol. The summed E-state index contributed by atoms with van der Waals surface area (Å²) in [7, 11) is 4.76. The van der Waals surface area contributed by atoms with E-state index in [1.54, 1.807) is 26.0 Å². The van der Waals surface area contributed by atoms with Gasteiger partial charge in [-0.25, -0.2) is 9.35 Å². The van der Waals surface area contributed by atoms with E-state index in [0.29, 0.717) is 22.8 Å². The van der Waals surface area contributed by atoms with Crippen molar-refractivity contribution in [1.82, 2.24) is 29.7 Å². The number of aryl methyl sites for hydroxylation is 3. The van der Waals surface area contributed by atoms with Gasteiger partial charge in [0.05, 0.1) is 12.4 Å². The van der Waals surface area contributed by atoms with Gasteiger partial charge >= 0.3 is 27.0 Å². The summed E-state index contributed by atoms with van der Waals surface area (Å²) in [6.07, 6.45) is 2.99. The predicted octanol–water partition coefficient (Wildman–Crippen LogP) is 1.76.